The largest absolute Gasteiger partial charge is 0.299 e. The fourth-order valence-electron chi connectivity index (χ4n) is 2.60. The number of aromatic nitrogens is 2. The zero-order valence-corrected chi connectivity index (χ0v) is 13.7. The van der Waals surface area contributed by atoms with Crippen molar-refractivity contribution in [1.82, 2.24) is 9.78 Å². The van der Waals surface area contributed by atoms with Crippen molar-refractivity contribution in [3.05, 3.63) is 45.9 Å². The van der Waals surface area contributed by atoms with Crippen LogP contribution in [0.5, 0.6) is 0 Å². The van der Waals surface area contributed by atoms with Gasteiger partial charge in [0.25, 0.3) is 5.56 Å². The maximum atomic E-state index is 12.7. The Balaban J connectivity index is 2.53. The number of nitrogens with zero attached hydrogens (tertiary/aromatic N) is 1. The molecule has 0 atom stereocenters. The molecule has 2 rings (SSSR count). The van der Waals surface area contributed by atoms with E-state index >= 15 is 0 Å². The summed E-state index contributed by atoms with van der Waals surface area (Å²) in [6, 6.07) is 8.22. The van der Waals surface area contributed by atoms with Crippen molar-refractivity contribution in [2.24, 2.45) is 11.8 Å². The molecule has 0 saturated carbocycles. The van der Waals surface area contributed by atoms with Crippen LogP contribution in [0.3, 0.4) is 0 Å². The van der Waals surface area contributed by atoms with Crippen LogP contribution in [0.1, 0.15) is 39.0 Å². The molecule has 0 amide bonds. The number of H-pyrrole nitrogens is 1. The molecule has 0 aliphatic rings. The number of benzene rings is 1. The Labute approximate surface area is 127 Å². The Morgan fingerprint density at radius 3 is 2.19 bits per heavy atom. The van der Waals surface area contributed by atoms with E-state index in [-0.39, 0.29) is 5.56 Å². The number of hydrogen-bond acceptors (Lipinski definition) is 1. The molecule has 0 bridgehead atoms. The van der Waals surface area contributed by atoms with Crippen molar-refractivity contribution in [3.8, 4) is 11.1 Å². The van der Waals surface area contributed by atoms with E-state index in [0.29, 0.717) is 11.8 Å². The smallest absolute Gasteiger partial charge is 0.274 e. The summed E-state index contributed by atoms with van der Waals surface area (Å²) in [6.45, 7) is 11.4. The molecule has 21 heavy (non-hydrogen) atoms. The predicted molar refractivity (Wildman–Crippen MR) is 88.6 cm³/mol. The maximum absolute atomic E-state index is 12.7. The first kappa shape index (κ1) is 15.6. The lowest BCUT2D eigenvalue weighted by molar-refractivity contribution is 0.467. The number of rotatable bonds is 5. The van der Waals surface area contributed by atoms with Crippen LogP contribution in [0.2, 0.25) is 0 Å². The molecule has 0 spiro atoms. The zero-order valence-electron chi connectivity index (χ0n) is 13.7. The summed E-state index contributed by atoms with van der Waals surface area (Å²) in [4.78, 5) is 12.7. The van der Waals surface area contributed by atoms with Crippen molar-refractivity contribution in [2.75, 3.05) is 0 Å². The van der Waals surface area contributed by atoms with Crippen LogP contribution in [-0.2, 0) is 13.0 Å². The van der Waals surface area contributed by atoms with Crippen LogP contribution < -0.4 is 5.56 Å². The molecule has 2 aromatic rings. The standard InChI is InChI=1S/C18H26N2O/c1-12(2)10-16-17(15-8-6-14(5)7-9-15)18(21)20(19-16)11-13(3)4/h6-9,12-13,19H,10-11H2,1-5H3. The second kappa shape index (κ2) is 6.33. The van der Waals surface area contributed by atoms with Crippen LogP contribution >= 0.6 is 0 Å². The minimum absolute atomic E-state index is 0.100. The molecule has 114 valence electrons. The lowest BCUT2D eigenvalue weighted by Crippen LogP contribution is -2.20. The van der Waals surface area contributed by atoms with E-state index in [9.17, 15) is 4.79 Å². The van der Waals surface area contributed by atoms with Crippen LogP contribution in [0.4, 0.5) is 0 Å². The van der Waals surface area contributed by atoms with Gasteiger partial charge in [0.05, 0.1) is 5.56 Å². The third kappa shape index (κ3) is 3.66. The van der Waals surface area contributed by atoms with E-state index in [1.54, 1.807) is 4.68 Å². The van der Waals surface area contributed by atoms with Crippen molar-refractivity contribution in [3.63, 3.8) is 0 Å². The van der Waals surface area contributed by atoms with Gasteiger partial charge in [0.15, 0.2) is 0 Å². The number of nitrogens with one attached hydrogen (secondary N) is 1. The van der Waals surface area contributed by atoms with Crippen molar-refractivity contribution in [2.45, 2.75) is 47.6 Å². The first-order valence-electron chi connectivity index (χ1n) is 7.77. The highest BCUT2D eigenvalue weighted by atomic mass is 16.1. The summed E-state index contributed by atoms with van der Waals surface area (Å²) in [5.74, 6) is 0.957. The Morgan fingerprint density at radius 1 is 1.05 bits per heavy atom. The summed E-state index contributed by atoms with van der Waals surface area (Å²) in [5.41, 5.74) is 4.22. The van der Waals surface area contributed by atoms with Crippen LogP contribution in [-0.4, -0.2) is 9.78 Å². The summed E-state index contributed by atoms with van der Waals surface area (Å²) >= 11 is 0. The minimum atomic E-state index is 0.100. The van der Waals surface area contributed by atoms with Crippen molar-refractivity contribution < 1.29 is 0 Å². The molecular weight excluding hydrogens is 260 g/mol. The second-order valence-corrected chi connectivity index (χ2v) is 6.74. The maximum Gasteiger partial charge on any atom is 0.274 e. The molecule has 1 heterocycles. The topological polar surface area (TPSA) is 37.8 Å². The Hall–Kier alpha value is -1.77. The van der Waals surface area contributed by atoms with E-state index in [0.717, 1.165) is 29.8 Å². The molecule has 3 nitrogen and oxygen atoms in total. The van der Waals surface area contributed by atoms with E-state index in [1.807, 2.05) is 12.1 Å². The van der Waals surface area contributed by atoms with Crippen LogP contribution in [0.15, 0.2) is 29.1 Å². The van der Waals surface area contributed by atoms with E-state index in [4.69, 9.17) is 0 Å². The van der Waals surface area contributed by atoms with Crippen molar-refractivity contribution >= 4 is 0 Å². The van der Waals surface area contributed by atoms with Gasteiger partial charge in [-0.05, 0) is 30.7 Å². The molecule has 3 heteroatoms. The molecule has 1 aromatic heterocycles. The first-order valence-corrected chi connectivity index (χ1v) is 7.77. The number of hydrogen-bond donors (Lipinski definition) is 1. The highest BCUT2D eigenvalue weighted by molar-refractivity contribution is 5.65. The summed E-state index contributed by atoms with van der Waals surface area (Å²) in [6.07, 6.45) is 0.892. The molecule has 1 N–H and O–H groups in total. The van der Waals surface area contributed by atoms with Crippen molar-refractivity contribution in [1.29, 1.82) is 0 Å². The van der Waals surface area contributed by atoms with Gasteiger partial charge in [0.1, 0.15) is 0 Å². The van der Waals surface area contributed by atoms with Gasteiger partial charge >= 0.3 is 0 Å². The van der Waals surface area contributed by atoms with Gasteiger partial charge in [-0.1, -0.05) is 57.5 Å². The average Bonchev–Trinajstić information content (AvgIpc) is 2.66. The van der Waals surface area contributed by atoms with Gasteiger partial charge in [-0.15, -0.1) is 0 Å². The lowest BCUT2D eigenvalue weighted by atomic mass is 9.99. The lowest BCUT2D eigenvalue weighted by Gasteiger charge is -2.06. The molecule has 0 aliphatic carbocycles. The number of aromatic amines is 1. The average molecular weight is 286 g/mol. The quantitative estimate of drug-likeness (QED) is 0.886. The van der Waals surface area contributed by atoms with Gasteiger partial charge in [0, 0.05) is 12.2 Å². The Morgan fingerprint density at radius 2 is 1.67 bits per heavy atom. The van der Waals surface area contributed by atoms with E-state index in [2.05, 4.69) is 51.9 Å². The summed E-state index contributed by atoms with van der Waals surface area (Å²) < 4.78 is 1.76. The van der Waals surface area contributed by atoms with Gasteiger partial charge in [-0.25, -0.2) is 0 Å². The molecule has 0 aliphatic heterocycles. The molecule has 1 aromatic carbocycles. The SMILES string of the molecule is Cc1ccc(-c2c(CC(C)C)[nH]n(CC(C)C)c2=O)cc1. The first-order chi connectivity index (χ1) is 9.88. The summed E-state index contributed by atoms with van der Waals surface area (Å²) in [7, 11) is 0. The van der Waals surface area contributed by atoms with Gasteiger partial charge < -0.3 is 0 Å². The second-order valence-electron chi connectivity index (χ2n) is 6.74. The highest BCUT2D eigenvalue weighted by Gasteiger charge is 2.17. The predicted octanol–water partition coefficient (Wildman–Crippen LogP) is 4.01. The van der Waals surface area contributed by atoms with Gasteiger partial charge in [-0.3, -0.25) is 14.6 Å². The molecule has 0 saturated heterocycles. The van der Waals surface area contributed by atoms with Crippen LogP contribution in [0, 0.1) is 18.8 Å². The Bertz CT molecular complexity index is 645. The van der Waals surface area contributed by atoms with E-state index in [1.165, 1.54) is 5.56 Å². The van der Waals surface area contributed by atoms with Gasteiger partial charge in [0.2, 0.25) is 0 Å². The number of aryl methyl sites for hydroxylation is 1. The molecular formula is C18H26N2O. The van der Waals surface area contributed by atoms with Crippen LogP contribution in [0.25, 0.3) is 11.1 Å². The highest BCUT2D eigenvalue weighted by Crippen LogP contribution is 2.22. The molecule has 0 fully saturated rings. The monoisotopic (exact) mass is 286 g/mol. The zero-order chi connectivity index (χ0) is 15.6. The fraction of sp³-hybridized carbons (Fsp3) is 0.500. The fourth-order valence-corrected chi connectivity index (χ4v) is 2.60. The third-order valence-corrected chi connectivity index (χ3v) is 3.53. The van der Waals surface area contributed by atoms with E-state index < -0.39 is 0 Å². The Kier molecular flexibility index (Phi) is 4.71. The minimum Gasteiger partial charge on any atom is -0.299 e. The molecule has 0 unspecified atom stereocenters. The van der Waals surface area contributed by atoms with Gasteiger partial charge in [-0.2, -0.15) is 0 Å². The summed E-state index contributed by atoms with van der Waals surface area (Å²) in [5, 5.41) is 3.33. The molecule has 0 radical (unpaired) electrons. The third-order valence-electron chi connectivity index (χ3n) is 3.53. The normalized spacial score (nSPS) is 11.6.